The predicted molar refractivity (Wildman–Crippen MR) is 77.4 cm³/mol. The van der Waals surface area contributed by atoms with Crippen molar-refractivity contribution in [1.29, 1.82) is 0 Å². The summed E-state index contributed by atoms with van der Waals surface area (Å²) in [6.07, 6.45) is 2.92. The van der Waals surface area contributed by atoms with Gasteiger partial charge in [-0.05, 0) is 26.7 Å². The lowest BCUT2D eigenvalue weighted by Crippen LogP contribution is -2.40. The molecule has 2 saturated heterocycles. The quantitative estimate of drug-likeness (QED) is 0.750. The fourth-order valence-corrected chi connectivity index (χ4v) is 3.52. The molecule has 0 aliphatic carbocycles. The van der Waals surface area contributed by atoms with E-state index in [9.17, 15) is 14.4 Å². The monoisotopic (exact) mass is 299 g/mol. The minimum Gasteiger partial charge on any atom is -0.355 e. The van der Waals surface area contributed by atoms with Gasteiger partial charge in [-0.1, -0.05) is 6.42 Å². The van der Waals surface area contributed by atoms with E-state index in [1.54, 1.807) is 13.8 Å². The number of rotatable bonds is 4. The van der Waals surface area contributed by atoms with Crippen LogP contribution in [0.15, 0.2) is 0 Å². The Bertz CT molecular complexity index is 425. The first-order valence-corrected chi connectivity index (χ1v) is 8.00. The zero-order chi connectivity index (χ0) is 14.8. The van der Waals surface area contributed by atoms with Gasteiger partial charge in [0.2, 0.25) is 5.91 Å². The van der Waals surface area contributed by atoms with Crippen LogP contribution in [0.3, 0.4) is 0 Å². The molecule has 20 heavy (non-hydrogen) atoms. The average molecular weight is 299 g/mol. The zero-order valence-electron chi connectivity index (χ0n) is 11.9. The summed E-state index contributed by atoms with van der Waals surface area (Å²) in [5, 5.41) is 5.47. The van der Waals surface area contributed by atoms with Crippen LogP contribution >= 0.6 is 11.8 Å². The fourth-order valence-electron chi connectivity index (χ4n) is 2.38. The van der Waals surface area contributed by atoms with Crippen molar-refractivity contribution >= 4 is 29.6 Å². The summed E-state index contributed by atoms with van der Waals surface area (Å²) in [6, 6.07) is -0.342. The summed E-state index contributed by atoms with van der Waals surface area (Å²) in [5.41, 5.74) is -0.818. The number of carbonyl (C=O) groups excluding carboxylic acids is 3. The maximum Gasteiger partial charge on any atom is 0.325 e. The molecule has 0 radical (unpaired) electrons. The van der Waals surface area contributed by atoms with Crippen LogP contribution in [0.4, 0.5) is 4.79 Å². The minimum atomic E-state index is -0.818. The van der Waals surface area contributed by atoms with Crippen molar-refractivity contribution in [1.82, 2.24) is 15.5 Å². The second-order valence-electron chi connectivity index (χ2n) is 5.66. The van der Waals surface area contributed by atoms with Crippen LogP contribution in [0.5, 0.6) is 0 Å². The van der Waals surface area contributed by atoms with E-state index in [0.29, 0.717) is 12.3 Å². The standard InChI is InChI=1S/C13H21N3O3S/c1-13(2)11(18)16(12(19)15-13)7-8-20-9-5-3-4-6-14-10(9)17/h9H,3-8H2,1-2H3,(H,14,17)(H,15,19). The molecule has 0 bridgehead atoms. The number of amides is 4. The Hall–Kier alpha value is -1.24. The third-order valence-corrected chi connectivity index (χ3v) is 4.83. The fraction of sp³-hybridized carbons (Fsp3) is 0.769. The minimum absolute atomic E-state index is 0.0636. The smallest absolute Gasteiger partial charge is 0.325 e. The highest BCUT2D eigenvalue weighted by Gasteiger charge is 2.43. The summed E-state index contributed by atoms with van der Waals surface area (Å²) in [4.78, 5) is 36.7. The number of nitrogens with zero attached hydrogens (tertiary/aromatic N) is 1. The van der Waals surface area contributed by atoms with Gasteiger partial charge in [-0.25, -0.2) is 4.79 Å². The van der Waals surface area contributed by atoms with Gasteiger partial charge in [-0.2, -0.15) is 0 Å². The first-order chi connectivity index (χ1) is 9.42. The molecule has 7 heteroatoms. The van der Waals surface area contributed by atoms with Gasteiger partial charge in [0.05, 0.1) is 5.25 Å². The molecule has 0 aromatic heterocycles. The molecule has 2 fully saturated rings. The summed E-state index contributed by atoms with van der Waals surface area (Å²) >= 11 is 1.52. The number of urea groups is 1. The Morgan fingerprint density at radius 3 is 2.70 bits per heavy atom. The lowest BCUT2D eigenvalue weighted by molar-refractivity contribution is -0.130. The van der Waals surface area contributed by atoms with Crippen LogP contribution in [0.2, 0.25) is 0 Å². The predicted octanol–water partition coefficient (Wildman–Crippen LogP) is 0.719. The average Bonchev–Trinajstić information content (AvgIpc) is 2.54. The SMILES string of the molecule is CC1(C)NC(=O)N(CCSC2CCCCNC2=O)C1=O. The van der Waals surface area contributed by atoms with E-state index in [0.717, 1.165) is 25.8 Å². The molecule has 2 heterocycles. The summed E-state index contributed by atoms with van der Waals surface area (Å²) in [7, 11) is 0. The molecule has 112 valence electrons. The van der Waals surface area contributed by atoms with Gasteiger partial charge in [-0.3, -0.25) is 14.5 Å². The summed E-state index contributed by atoms with van der Waals surface area (Å²) < 4.78 is 0. The number of imide groups is 1. The van der Waals surface area contributed by atoms with Gasteiger partial charge in [0.15, 0.2) is 0 Å². The Morgan fingerprint density at radius 2 is 2.05 bits per heavy atom. The van der Waals surface area contributed by atoms with Crippen LogP contribution in [-0.4, -0.2) is 52.4 Å². The molecule has 1 atom stereocenters. The van der Waals surface area contributed by atoms with E-state index in [4.69, 9.17) is 0 Å². The van der Waals surface area contributed by atoms with Gasteiger partial charge < -0.3 is 10.6 Å². The largest absolute Gasteiger partial charge is 0.355 e. The molecule has 2 rings (SSSR count). The molecule has 2 aliphatic heterocycles. The first kappa shape index (κ1) is 15.2. The molecule has 0 aromatic carbocycles. The van der Waals surface area contributed by atoms with E-state index in [2.05, 4.69) is 10.6 Å². The van der Waals surface area contributed by atoms with Crippen molar-refractivity contribution in [2.45, 2.75) is 43.9 Å². The molecule has 2 aliphatic rings. The molecule has 0 aromatic rings. The summed E-state index contributed by atoms with van der Waals surface area (Å²) in [6.45, 7) is 4.48. The van der Waals surface area contributed by atoms with Crippen molar-refractivity contribution in [3.05, 3.63) is 0 Å². The number of nitrogens with one attached hydrogen (secondary N) is 2. The van der Waals surface area contributed by atoms with Crippen LogP contribution in [-0.2, 0) is 9.59 Å². The van der Waals surface area contributed by atoms with Crippen LogP contribution < -0.4 is 10.6 Å². The maximum atomic E-state index is 12.0. The van der Waals surface area contributed by atoms with Crippen molar-refractivity contribution in [3.8, 4) is 0 Å². The van der Waals surface area contributed by atoms with Gasteiger partial charge >= 0.3 is 6.03 Å². The lowest BCUT2D eigenvalue weighted by atomic mass is 10.1. The van der Waals surface area contributed by atoms with Gasteiger partial charge in [0.1, 0.15) is 5.54 Å². The number of hydrogen-bond donors (Lipinski definition) is 2. The van der Waals surface area contributed by atoms with E-state index < -0.39 is 5.54 Å². The third-order valence-electron chi connectivity index (χ3n) is 3.56. The van der Waals surface area contributed by atoms with Crippen molar-refractivity contribution in [2.75, 3.05) is 18.8 Å². The lowest BCUT2D eigenvalue weighted by Gasteiger charge is -2.17. The second kappa shape index (κ2) is 6.03. The Balaban J connectivity index is 1.82. The van der Waals surface area contributed by atoms with Crippen LogP contribution in [0, 0.1) is 0 Å². The van der Waals surface area contributed by atoms with Crippen molar-refractivity contribution in [3.63, 3.8) is 0 Å². The Kier molecular flexibility index (Phi) is 4.57. The highest BCUT2D eigenvalue weighted by atomic mass is 32.2. The van der Waals surface area contributed by atoms with Crippen LogP contribution in [0.25, 0.3) is 0 Å². The normalized spacial score (nSPS) is 26.2. The third kappa shape index (κ3) is 3.26. The van der Waals surface area contributed by atoms with Crippen LogP contribution in [0.1, 0.15) is 33.1 Å². The van der Waals surface area contributed by atoms with Crippen molar-refractivity contribution in [2.24, 2.45) is 0 Å². The molecule has 6 nitrogen and oxygen atoms in total. The van der Waals surface area contributed by atoms with Gasteiger partial charge in [0, 0.05) is 18.8 Å². The second-order valence-corrected chi connectivity index (χ2v) is 6.97. The van der Waals surface area contributed by atoms with E-state index >= 15 is 0 Å². The maximum absolute atomic E-state index is 12.0. The molecule has 4 amide bonds. The molecule has 2 N–H and O–H groups in total. The topological polar surface area (TPSA) is 78.5 Å². The molecular weight excluding hydrogens is 278 g/mol. The Morgan fingerprint density at radius 1 is 1.30 bits per heavy atom. The molecular formula is C13H21N3O3S. The molecule has 1 unspecified atom stereocenters. The number of carbonyl (C=O) groups is 3. The highest BCUT2D eigenvalue weighted by Crippen LogP contribution is 2.22. The van der Waals surface area contributed by atoms with E-state index in [1.165, 1.54) is 16.7 Å². The summed E-state index contributed by atoms with van der Waals surface area (Å²) in [5.74, 6) is 0.464. The molecule has 0 spiro atoms. The van der Waals surface area contributed by atoms with Crippen molar-refractivity contribution < 1.29 is 14.4 Å². The Labute approximate surface area is 123 Å². The van der Waals surface area contributed by atoms with Gasteiger partial charge in [-0.15, -0.1) is 11.8 Å². The first-order valence-electron chi connectivity index (χ1n) is 6.95. The van der Waals surface area contributed by atoms with Gasteiger partial charge in [0.25, 0.3) is 5.91 Å². The highest BCUT2D eigenvalue weighted by molar-refractivity contribution is 8.00. The zero-order valence-corrected chi connectivity index (χ0v) is 12.7. The number of hydrogen-bond acceptors (Lipinski definition) is 4. The van der Waals surface area contributed by atoms with E-state index in [1.807, 2.05) is 0 Å². The van der Waals surface area contributed by atoms with E-state index in [-0.39, 0.29) is 23.1 Å². The molecule has 0 saturated carbocycles. The number of thioether (sulfide) groups is 1.